The Hall–Kier alpha value is -3.74. The fourth-order valence-corrected chi connectivity index (χ4v) is 2.83. The molecule has 4 aromatic rings. The second-order valence-corrected chi connectivity index (χ2v) is 5.54. The van der Waals surface area contributed by atoms with Crippen LogP contribution in [-0.2, 0) is 0 Å². The molecule has 0 saturated carbocycles. The molecule has 4 rings (SSSR count). The third-order valence-electron chi connectivity index (χ3n) is 3.92. The molecule has 0 aliphatic carbocycles. The van der Waals surface area contributed by atoms with Crippen molar-refractivity contribution < 1.29 is 4.79 Å². The molecular weight excluding hydrogens is 316 g/mol. The van der Waals surface area contributed by atoms with E-state index in [1.165, 1.54) is 0 Å². The Balaban J connectivity index is 1.91. The smallest absolute Gasteiger partial charge is 0.260 e. The average molecular weight is 330 g/mol. The van der Waals surface area contributed by atoms with Crippen LogP contribution in [0.5, 0.6) is 0 Å². The summed E-state index contributed by atoms with van der Waals surface area (Å²) in [6, 6.07) is 13.3. The normalized spacial score (nSPS) is 10.9. The molecule has 7 nitrogen and oxygen atoms in total. The Kier molecular flexibility index (Phi) is 3.39. The van der Waals surface area contributed by atoms with Crippen molar-refractivity contribution in [3.8, 4) is 5.69 Å². The molecule has 0 aliphatic rings. The molecule has 0 saturated heterocycles. The molecule has 0 bridgehead atoms. The van der Waals surface area contributed by atoms with Gasteiger partial charge in [0.15, 0.2) is 5.96 Å². The van der Waals surface area contributed by atoms with E-state index < -0.39 is 11.9 Å². The minimum atomic E-state index is -0.442. The summed E-state index contributed by atoms with van der Waals surface area (Å²) in [5.74, 6) is -0.840. The number of pyridine rings is 2. The molecule has 25 heavy (non-hydrogen) atoms. The monoisotopic (exact) mass is 330 g/mol. The van der Waals surface area contributed by atoms with Gasteiger partial charge in [-0.05, 0) is 30.3 Å². The second-order valence-electron chi connectivity index (χ2n) is 5.54. The van der Waals surface area contributed by atoms with Crippen molar-refractivity contribution in [2.75, 3.05) is 0 Å². The van der Waals surface area contributed by atoms with Gasteiger partial charge in [-0.1, -0.05) is 12.1 Å². The summed E-state index contributed by atoms with van der Waals surface area (Å²) in [7, 11) is 0. The van der Waals surface area contributed by atoms with Crippen LogP contribution in [0.2, 0.25) is 0 Å². The lowest BCUT2D eigenvalue weighted by Crippen LogP contribution is -2.35. The van der Waals surface area contributed by atoms with Crippen molar-refractivity contribution in [1.29, 1.82) is 5.41 Å². The Morgan fingerprint density at radius 2 is 1.92 bits per heavy atom. The first kappa shape index (κ1) is 14.8. The van der Waals surface area contributed by atoms with E-state index in [2.05, 4.69) is 15.3 Å². The third-order valence-corrected chi connectivity index (χ3v) is 3.92. The van der Waals surface area contributed by atoms with Gasteiger partial charge >= 0.3 is 0 Å². The predicted molar refractivity (Wildman–Crippen MR) is 95.8 cm³/mol. The van der Waals surface area contributed by atoms with E-state index in [0.29, 0.717) is 16.6 Å². The number of carbonyl (C=O) groups is 1. The summed E-state index contributed by atoms with van der Waals surface area (Å²) in [5, 5.41) is 11.3. The minimum Gasteiger partial charge on any atom is -0.370 e. The molecule has 1 amide bonds. The van der Waals surface area contributed by atoms with E-state index >= 15 is 0 Å². The lowest BCUT2D eigenvalue weighted by molar-refractivity contribution is 0.0978. The standard InChI is InChI=1S/C18H14N6O/c19-18(20)23-17(25)14-10-24(16-13(14)4-2-8-22-16)12-6-5-11-3-1-7-21-15(11)9-12/h1-10H,(H4,19,20,23,25). The number of nitrogens with two attached hydrogens (primary N) is 1. The maximum atomic E-state index is 12.3. The highest BCUT2D eigenvalue weighted by Gasteiger charge is 2.17. The van der Waals surface area contributed by atoms with Crippen molar-refractivity contribution in [2.45, 2.75) is 0 Å². The van der Waals surface area contributed by atoms with Gasteiger partial charge in [0.1, 0.15) is 5.65 Å². The van der Waals surface area contributed by atoms with Crippen LogP contribution >= 0.6 is 0 Å². The van der Waals surface area contributed by atoms with Gasteiger partial charge in [-0.15, -0.1) is 0 Å². The fourth-order valence-electron chi connectivity index (χ4n) is 2.83. The zero-order valence-corrected chi connectivity index (χ0v) is 13.1. The number of guanidine groups is 1. The lowest BCUT2D eigenvalue weighted by atomic mass is 10.2. The van der Waals surface area contributed by atoms with Gasteiger partial charge < -0.3 is 10.3 Å². The van der Waals surface area contributed by atoms with Crippen molar-refractivity contribution in [1.82, 2.24) is 19.9 Å². The molecule has 0 fully saturated rings. The van der Waals surface area contributed by atoms with E-state index in [1.807, 2.05) is 41.0 Å². The van der Waals surface area contributed by atoms with Crippen molar-refractivity contribution in [3.05, 3.63) is 66.6 Å². The zero-order valence-electron chi connectivity index (χ0n) is 13.1. The molecule has 0 spiro atoms. The summed E-state index contributed by atoms with van der Waals surface area (Å²) < 4.78 is 1.83. The molecule has 122 valence electrons. The van der Waals surface area contributed by atoms with Gasteiger partial charge in [0, 0.05) is 35.1 Å². The van der Waals surface area contributed by atoms with E-state index in [4.69, 9.17) is 11.1 Å². The molecule has 1 aromatic carbocycles. The molecule has 0 radical (unpaired) electrons. The Morgan fingerprint density at radius 1 is 1.12 bits per heavy atom. The van der Waals surface area contributed by atoms with Gasteiger partial charge in [0.05, 0.1) is 11.1 Å². The number of hydrogen-bond acceptors (Lipinski definition) is 4. The second kappa shape index (κ2) is 5.72. The van der Waals surface area contributed by atoms with Gasteiger partial charge in [-0.2, -0.15) is 0 Å². The number of hydrogen-bond donors (Lipinski definition) is 3. The van der Waals surface area contributed by atoms with Crippen molar-refractivity contribution in [2.24, 2.45) is 5.73 Å². The number of rotatable bonds is 2. The number of amides is 1. The maximum absolute atomic E-state index is 12.3. The summed E-state index contributed by atoms with van der Waals surface area (Å²) in [6.45, 7) is 0. The first-order valence-corrected chi connectivity index (χ1v) is 7.60. The zero-order chi connectivity index (χ0) is 17.4. The van der Waals surface area contributed by atoms with Gasteiger partial charge in [-0.3, -0.25) is 20.5 Å². The fraction of sp³-hybridized carbons (Fsp3) is 0. The number of fused-ring (bicyclic) bond motifs is 2. The topological polar surface area (TPSA) is 110 Å². The average Bonchev–Trinajstić information content (AvgIpc) is 3.00. The molecule has 3 aromatic heterocycles. The SMILES string of the molecule is N=C(N)NC(=O)c1cn(-c2ccc3cccnc3c2)c2ncccc12. The van der Waals surface area contributed by atoms with Crippen LogP contribution in [0.1, 0.15) is 10.4 Å². The van der Waals surface area contributed by atoms with E-state index in [0.717, 1.165) is 16.6 Å². The molecule has 4 N–H and O–H groups in total. The minimum absolute atomic E-state index is 0.398. The molecule has 0 atom stereocenters. The number of aromatic nitrogens is 3. The molecular formula is C18H14N6O. The first-order valence-electron chi connectivity index (χ1n) is 7.60. The van der Waals surface area contributed by atoms with Crippen molar-refractivity contribution in [3.63, 3.8) is 0 Å². The summed E-state index contributed by atoms with van der Waals surface area (Å²) in [6.07, 6.45) is 5.11. The van der Waals surface area contributed by atoms with Gasteiger partial charge in [0.2, 0.25) is 0 Å². The molecule has 3 heterocycles. The number of nitrogens with one attached hydrogen (secondary N) is 2. The summed E-state index contributed by atoms with van der Waals surface area (Å²) in [5.41, 5.74) is 8.02. The highest BCUT2D eigenvalue weighted by atomic mass is 16.1. The van der Waals surface area contributed by atoms with Crippen LogP contribution in [0, 0.1) is 5.41 Å². The van der Waals surface area contributed by atoms with E-state index in [-0.39, 0.29) is 0 Å². The predicted octanol–water partition coefficient (Wildman–Crippen LogP) is 2.20. The Labute approximate surface area is 142 Å². The molecule has 0 unspecified atom stereocenters. The third kappa shape index (κ3) is 2.57. The molecule has 7 heteroatoms. The van der Waals surface area contributed by atoms with Crippen molar-refractivity contribution >= 4 is 33.8 Å². The van der Waals surface area contributed by atoms with E-state index in [1.54, 1.807) is 24.7 Å². The van der Waals surface area contributed by atoms with Crippen LogP contribution in [-0.4, -0.2) is 26.4 Å². The summed E-state index contributed by atoms with van der Waals surface area (Å²) in [4.78, 5) is 21.1. The number of carbonyl (C=O) groups excluding carboxylic acids is 1. The number of nitrogens with zero attached hydrogens (tertiary/aromatic N) is 3. The molecule has 0 aliphatic heterocycles. The number of benzene rings is 1. The quantitative estimate of drug-likeness (QED) is 0.386. The van der Waals surface area contributed by atoms with Gasteiger partial charge in [0.25, 0.3) is 5.91 Å². The highest BCUT2D eigenvalue weighted by molar-refractivity contribution is 6.11. The Morgan fingerprint density at radius 3 is 2.76 bits per heavy atom. The van der Waals surface area contributed by atoms with Crippen LogP contribution in [0.3, 0.4) is 0 Å². The van der Waals surface area contributed by atoms with E-state index in [9.17, 15) is 4.79 Å². The van der Waals surface area contributed by atoms with Crippen LogP contribution < -0.4 is 11.1 Å². The van der Waals surface area contributed by atoms with Crippen LogP contribution in [0.25, 0.3) is 27.6 Å². The maximum Gasteiger partial charge on any atom is 0.260 e. The summed E-state index contributed by atoms with van der Waals surface area (Å²) >= 11 is 0. The largest absolute Gasteiger partial charge is 0.370 e. The van der Waals surface area contributed by atoms with Crippen LogP contribution in [0.15, 0.2) is 61.1 Å². The highest BCUT2D eigenvalue weighted by Crippen LogP contribution is 2.25. The van der Waals surface area contributed by atoms with Gasteiger partial charge in [-0.25, -0.2) is 4.98 Å². The Bertz CT molecular complexity index is 1130. The lowest BCUT2D eigenvalue weighted by Gasteiger charge is -2.05. The van der Waals surface area contributed by atoms with Crippen LogP contribution in [0.4, 0.5) is 0 Å². The first-order chi connectivity index (χ1) is 12.1.